The number of ether oxygens (including phenoxy) is 1. The fraction of sp³-hybridized carbons (Fsp3) is 0.562. The Kier molecular flexibility index (Phi) is 10.3. The quantitative estimate of drug-likeness (QED) is 0.314. The van der Waals surface area contributed by atoms with Gasteiger partial charge in [-0.05, 0) is 67.2 Å². The molecule has 0 aromatic heterocycles. The van der Waals surface area contributed by atoms with Crippen LogP contribution in [0, 0.1) is 11.8 Å². The molecule has 2 aliphatic rings. The van der Waals surface area contributed by atoms with E-state index >= 15 is 0 Å². The topological polar surface area (TPSA) is 125 Å². The standard InChI is InChI=1S/C32H44ClN3O5/c1-20(2)21-8-4-9-22(16-21)29-25(11-5-12-26(29)33)32(40,13-7-14-35-31(39)41-3)24-10-6-15-36(19-24)30(38)23-17-27(34)28(37)18-23/h4-5,8-9,11-12,16,20,23-24,27-28,37,40H,6-7,10,13-15,17-19,34H2,1-3H3,(H,35,39)/t23-,24?,27+,28-,32?/m0/s1. The van der Waals surface area contributed by atoms with E-state index in [4.69, 9.17) is 22.1 Å². The number of likely N-dealkylation sites (tertiary alicyclic amines) is 1. The van der Waals surface area contributed by atoms with Crippen molar-refractivity contribution in [2.75, 3.05) is 26.7 Å². The van der Waals surface area contributed by atoms with Crippen molar-refractivity contribution in [2.45, 2.75) is 76.0 Å². The van der Waals surface area contributed by atoms with Crippen LogP contribution in [0.1, 0.15) is 69.4 Å². The lowest BCUT2D eigenvalue weighted by atomic mass is 9.72. The third-order valence-corrected chi connectivity index (χ3v) is 9.16. The van der Waals surface area contributed by atoms with E-state index in [-0.39, 0.29) is 23.8 Å². The summed E-state index contributed by atoms with van der Waals surface area (Å²) < 4.78 is 4.71. The van der Waals surface area contributed by atoms with Gasteiger partial charge in [0.2, 0.25) is 5.91 Å². The van der Waals surface area contributed by atoms with Crippen molar-refractivity contribution >= 4 is 23.6 Å². The molecule has 1 saturated carbocycles. The molecule has 5 atom stereocenters. The van der Waals surface area contributed by atoms with Crippen molar-refractivity contribution in [3.8, 4) is 11.1 Å². The molecule has 1 saturated heterocycles. The monoisotopic (exact) mass is 585 g/mol. The van der Waals surface area contributed by atoms with E-state index in [9.17, 15) is 19.8 Å². The molecule has 224 valence electrons. The third kappa shape index (κ3) is 7.05. The summed E-state index contributed by atoms with van der Waals surface area (Å²) in [6.45, 7) is 5.61. The van der Waals surface area contributed by atoms with Gasteiger partial charge in [0.25, 0.3) is 0 Å². The first-order chi connectivity index (χ1) is 19.5. The predicted molar refractivity (Wildman–Crippen MR) is 161 cm³/mol. The Morgan fingerprint density at radius 1 is 1.22 bits per heavy atom. The SMILES string of the molecule is COC(=O)NCCCC(O)(c1cccc(Cl)c1-c1cccc(C(C)C)c1)C1CCCN(C(=O)[C@H]2C[C@@H](N)[C@@H](O)C2)C1. The third-order valence-electron chi connectivity index (χ3n) is 8.85. The Balaban J connectivity index is 1.70. The number of carbonyl (C=O) groups excluding carboxylic acids is 2. The Morgan fingerprint density at radius 3 is 2.66 bits per heavy atom. The number of amides is 2. The number of nitrogens with one attached hydrogen (secondary N) is 1. The molecule has 8 nitrogen and oxygen atoms in total. The fourth-order valence-corrected chi connectivity index (χ4v) is 6.77. The molecule has 2 aromatic carbocycles. The minimum absolute atomic E-state index is 0.00707. The number of aliphatic hydroxyl groups excluding tert-OH is 1. The van der Waals surface area contributed by atoms with Crippen LogP contribution in [-0.2, 0) is 15.1 Å². The average molecular weight is 586 g/mol. The van der Waals surface area contributed by atoms with Gasteiger partial charge in [-0.25, -0.2) is 4.79 Å². The second-order valence-corrected chi connectivity index (χ2v) is 12.3. The van der Waals surface area contributed by atoms with Gasteiger partial charge in [-0.3, -0.25) is 4.79 Å². The van der Waals surface area contributed by atoms with Gasteiger partial charge in [-0.1, -0.05) is 61.8 Å². The molecule has 9 heteroatoms. The second-order valence-electron chi connectivity index (χ2n) is 11.9. The highest BCUT2D eigenvalue weighted by atomic mass is 35.5. The van der Waals surface area contributed by atoms with Gasteiger partial charge >= 0.3 is 6.09 Å². The van der Waals surface area contributed by atoms with Gasteiger partial charge < -0.3 is 30.9 Å². The van der Waals surface area contributed by atoms with Gasteiger partial charge in [-0.2, -0.15) is 0 Å². The second kappa shape index (κ2) is 13.6. The number of rotatable bonds is 9. The summed E-state index contributed by atoms with van der Waals surface area (Å²) in [7, 11) is 1.32. The average Bonchev–Trinajstić information content (AvgIpc) is 3.32. The molecular weight excluding hydrogens is 542 g/mol. The first kappa shape index (κ1) is 31.3. The number of piperidine rings is 1. The van der Waals surface area contributed by atoms with Crippen molar-refractivity contribution < 1.29 is 24.5 Å². The van der Waals surface area contributed by atoms with Crippen LogP contribution in [0.3, 0.4) is 0 Å². The smallest absolute Gasteiger partial charge is 0.406 e. The number of hydrogen-bond acceptors (Lipinski definition) is 6. The molecule has 2 aromatic rings. The summed E-state index contributed by atoms with van der Waals surface area (Å²) in [6, 6.07) is 13.5. The first-order valence-corrected chi connectivity index (χ1v) is 15.1. The van der Waals surface area contributed by atoms with E-state index in [0.717, 1.165) is 29.5 Å². The van der Waals surface area contributed by atoms with E-state index in [0.29, 0.717) is 56.3 Å². The van der Waals surface area contributed by atoms with Crippen LogP contribution >= 0.6 is 11.6 Å². The number of methoxy groups -OCH3 is 1. The van der Waals surface area contributed by atoms with Crippen molar-refractivity contribution in [2.24, 2.45) is 17.6 Å². The van der Waals surface area contributed by atoms with Gasteiger partial charge in [0.15, 0.2) is 0 Å². The van der Waals surface area contributed by atoms with Crippen molar-refractivity contribution in [1.29, 1.82) is 0 Å². The van der Waals surface area contributed by atoms with E-state index < -0.39 is 17.8 Å². The van der Waals surface area contributed by atoms with Gasteiger partial charge in [-0.15, -0.1) is 0 Å². The van der Waals surface area contributed by atoms with Gasteiger partial charge in [0.1, 0.15) is 0 Å². The highest BCUT2D eigenvalue weighted by Crippen LogP contribution is 2.46. The maximum atomic E-state index is 13.5. The van der Waals surface area contributed by atoms with E-state index in [1.165, 1.54) is 12.7 Å². The van der Waals surface area contributed by atoms with E-state index in [1.807, 2.05) is 35.2 Å². The molecule has 0 radical (unpaired) electrons. The molecule has 2 unspecified atom stereocenters. The number of alkyl carbamates (subject to hydrolysis) is 1. The zero-order valence-corrected chi connectivity index (χ0v) is 25.1. The number of carbonyl (C=O) groups is 2. The van der Waals surface area contributed by atoms with E-state index in [2.05, 4.69) is 31.3 Å². The van der Waals surface area contributed by atoms with Crippen LogP contribution in [0.15, 0.2) is 42.5 Å². The highest BCUT2D eigenvalue weighted by molar-refractivity contribution is 6.33. The fourth-order valence-electron chi connectivity index (χ4n) is 6.49. The largest absolute Gasteiger partial charge is 0.453 e. The molecule has 1 aliphatic heterocycles. The number of nitrogens with two attached hydrogens (primary N) is 1. The van der Waals surface area contributed by atoms with Crippen LogP contribution in [0.25, 0.3) is 11.1 Å². The highest BCUT2D eigenvalue weighted by Gasteiger charge is 2.44. The minimum Gasteiger partial charge on any atom is -0.453 e. The predicted octanol–water partition coefficient (Wildman–Crippen LogP) is 4.79. The van der Waals surface area contributed by atoms with Crippen LogP contribution in [-0.4, -0.2) is 66.0 Å². The Hall–Kier alpha value is -2.65. The van der Waals surface area contributed by atoms with Crippen LogP contribution < -0.4 is 11.1 Å². The number of benzene rings is 2. The molecule has 0 bridgehead atoms. The molecule has 41 heavy (non-hydrogen) atoms. The Labute approximate surface area is 248 Å². The molecule has 1 aliphatic carbocycles. The lowest BCUT2D eigenvalue weighted by Crippen LogP contribution is -2.49. The Morgan fingerprint density at radius 2 is 1.98 bits per heavy atom. The summed E-state index contributed by atoms with van der Waals surface area (Å²) >= 11 is 6.87. The number of nitrogens with zero attached hydrogens (tertiary/aromatic N) is 1. The van der Waals surface area contributed by atoms with Gasteiger partial charge in [0, 0.05) is 48.1 Å². The molecule has 2 amide bonds. The first-order valence-electron chi connectivity index (χ1n) is 14.7. The molecule has 0 spiro atoms. The maximum absolute atomic E-state index is 13.5. The van der Waals surface area contributed by atoms with Crippen molar-refractivity contribution in [3.63, 3.8) is 0 Å². The number of aliphatic hydroxyl groups is 2. The summed E-state index contributed by atoms with van der Waals surface area (Å²) in [4.78, 5) is 27.0. The Bertz CT molecular complexity index is 1210. The molecule has 1 heterocycles. The lowest BCUT2D eigenvalue weighted by molar-refractivity contribution is -0.141. The zero-order chi connectivity index (χ0) is 29.7. The summed E-state index contributed by atoms with van der Waals surface area (Å²) in [5.41, 5.74) is 8.30. The molecular formula is C32H44ClN3O5. The summed E-state index contributed by atoms with van der Waals surface area (Å²) in [5, 5.41) is 26.1. The van der Waals surface area contributed by atoms with Crippen molar-refractivity contribution in [1.82, 2.24) is 10.2 Å². The van der Waals surface area contributed by atoms with E-state index in [1.54, 1.807) is 0 Å². The zero-order valence-electron chi connectivity index (χ0n) is 24.3. The van der Waals surface area contributed by atoms with Crippen LogP contribution in [0.2, 0.25) is 5.02 Å². The molecule has 2 fully saturated rings. The molecule has 4 rings (SSSR count). The lowest BCUT2D eigenvalue weighted by Gasteiger charge is -2.44. The summed E-state index contributed by atoms with van der Waals surface area (Å²) in [5.74, 6) is -0.253. The minimum atomic E-state index is -1.32. The number of halogens is 1. The summed E-state index contributed by atoms with van der Waals surface area (Å²) in [6.07, 6.45) is 1.98. The normalized spacial score (nSPS) is 24.2. The molecule has 5 N–H and O–H groups in total. The van der Waals surface area contributed by atoms with Gasteiger partial charge in [0.05, 0.1) is 18.8 Å². The van der Waals surface area contributed by atoms with Crippen LogP contribution in [0.4, 0.5) is 4.79 Å². The maximum Gasteiger partial charge on any atom is 0.406 e. The van der Waals surface area contributed by atoms with Crippen molar-refractivity contribution in [3.05, 3.63) is 58.6 Å². The number of hydrogen-bond donors (Lipinski definition) is 4. The van der Waals surface area contributed by atoms with Crippen LogP contribution in [0.5, 0.6) is 0 Å².